The highest BCUT2D eigenvalue weighted by molar-refractivity contribution is 5.48. The number of hydrogen-bond acceptors (Lipinski definition) is 4. The summed E-state index contributed by atoms with van der Waals surface area (Å²) in [5.41, 5.74) is -0.294. The van der Waals surface area contributed by atoms with E-state index in [1.165, 1.54) is 7.05 Å². The van der Waals surface area contributed by atoms with Crippen LogP contribution in [-0.4, -0.2) is 22.1 Å². The summed E-state index contributed by atoms with van der Waals surface area (Å²) in [6.45, 7) is 0. The molecule has 1 aromatic rings. The zero-order valence-corrected chi connectivity index (χ0v) is 5.38. The maximum atomic E-state index is 10.8. The first-order valence-electron chi connectivity index (χ1n) is 2.70. The number of hydrogen-bond donors (Lipinski definition) is 3. The topological polar surface area (TPSA) is 78.0 Å². The van der Waals surface area contributed by atoms with Gasteiger partial charge >= 0.3 is 0 Å². The minimum absolute atomic E-state index is 0.0856. The highest BCUT2D eigenvalue weighted by atomic mass is 16.3. The molecule has 3 N–H and O–H groups in total. The molecule has 0 aliphatic carbocycles. The van der Waals surface area contributed by atoms with Crippen LogP contribution in [0, 0.1) is 0 Å². The minimum Gasteiger partial charge on any atom is -0.492 e. The lowest BCUT2D eigenvalue weighted by atomic mass is 10.5. The number of H-pyrrole nitrogens is 1. The lowest BCUT2D eigenvalue weighted by molar-refractivity contribution is 0.453. The van der Waals surface area contributed by atoms with Gasteiger partial charge in [0.2, 0.25) is 5.88 Å². The average molecular weight is 141 g/mol. The minimum atomic E-state index is -0.380. The second kappa shape index (κ2) is 2.38. The lowest BCUT2D eigenvalue weighted by Gasteiger charge is -1.97. The van der Waals surface area contributed by atoms with Crippen molar-refractivity contribution >= 4 is 5.69 Å². The molecule has 1 aromatic heterocycles. The van der Waals surface area contributed by atoms with Crippen LogP contribution in [-0.2, 0) is 0 Å². The van der Waals surface area contributed by atoms with Gasteiger partial charge in [-0.05, 0) is 0 Å². The van der Waals surface area contributed by atoms with Crippen LogP contribution in [0.2, 0.25) is 0 Å². The Morgan fingerprint density at radius 3 is 2.90 bits per heavy atom. The normalized spacial score (nSPS) is 9.30. The second-order valence-corrected chi connectivity index (χ2v) is 1.68. The smallest absolute Gasteiger partial charge is 0.278 e. The molecule has 0 spiro atoms. The Kier molecular flexibility index (Phi) is 1.57. The molecule has 0 fully saturated rings. The van der Waals surface area contributed by atoms with Gasteiger partial charge in [0.05, 0.1) is 6.33 Å². The van der Waals surface area contributed by atoms with E-state index >= 15 is 0 Å². The van der Waals surface area contributed by atoms with Gasteiger partial charge in [-0.2, -0.15) is 0 Å². The van der Waals surface area contributed by atoms with Crippen LogP contribution in [0.1, 0.15) is 0 Å². The third-order valence-corrected chi connectivity index (χ3v) is 1.08. The number of nitrogens with one attached hydrogen (secondary N) is 2. The van der Waals surface area contributed by atoms with Crippen molar-refractivity contribution in [3.63, 3.8) is 0 Å². The summed E-state index contributed by atoms with van der Waals surface area (Å²) in [6.07, 6.45) is 1.14. The van der Waals surface area contributed by atoms with Crippen molar-refractivity contribution in [2.45, 2.75) is 0 Å². The molecular formula is C5H7N3O2. The average Bonchev–Trinajstić information content (AvgIpc) is 1.88. The Morgan fingerprint density at radius 1 is 1.80 bits per heavy atom. The Balaban J connectivity index is 3.31. The first-order valence-corrected chi connectivity index (χ1v) is 2.70. The molecule has 0 saturated carbocycles. The molecule has 54 valence electrons. The van der Waals surface area contributed by atoms with E-state index in [1.54, 1.807) is 0 Å². The Morgan fingerprint density at radius 2 is 2.50 bits per heavy atom. The number of aromatic hydroxyl groups is 1. The molecule has 0 amide bonds. The molecule has 0 aliphatic heterocycles. The Hall–Kier alpha value is -1.52. The molecule has 5 heteroatoms. The molecule has 10 heavy (non-hydrogen) atoms. The summed E-state index contributed by atoms with van der Waals surface area (Å²) in [5, 5.41) is 11.4. The molecule has 1 heterocycles. The number of rotatable bonds is 1. The molecule has 5 nitrogen and oxygen atoms in total. The third-order valence-electron chi connectivity index (χ3n) is 1.08. The van der Waals surface area contributed by atoms with Crippen LogP contribution in [0.4, 0.5) is 5.69 Å². The van der Waals surface area contributed by atoms with Gasteiger partial charge in [-0.3, -0.25) is 4.79 Å². The Bertz CT molecular complexity index is 280. The zero-order chi connectivity index (χ0) is 7.56. The molecule has 0 radical (unpaired) electrons. The summed E-state index contributed by atoms with van der Waals surface area (Å²) in [6, 6.07) is 0. The van der Waals surface area contributed by atoms with Crippen LogP contribution in [0.3, 0.4) is 0 Å². The van der Waals surface area contributed by atoms with Crippen molar-refractivity contribution in [3.8, 4) is 5.88 Å². The standard InChI is InChI=1S/C5H7N3O2/c1-6-3-4(9)7-2-8-5(3)10/h2,6H,1H3,(H2,7,8,9,10). The highest BCUT2D eigenvalue weighted by Gasteiger charge is 2.02. The summed E-state index contributed by atoms with van der Waals surface area (Å²) in [4.78, 5) is 16.5. The van der Waals surface area contributed by atoms with E-state index in [0.717, 1.165) is 6.33 Å². The lowest BCUT2D eigenvalue weighted by Crippen LogP contribution is -2.11. The van der Waals surface area contributed by atoms with Crippen LogP contribution in [0.25, 0.3) is 0 Å². The molecule has 0 aliphatic rings. The van der Waals surface area contributed by atoms with E-state index in [2.05, 4.69) is 15.3 Å². The summed E-state index contributed by atoms with van der Waals surface area (Å²) in [5.74, 6) is -0.286. The SMILES string of the molecule is CNc1c(O)nc[nH]c1=O. The van der Waals surface area contributed by atoms with Gasteiger partial charge in [0.1, 0.15) is 0 Å². The monoisotopic (exact) mass is 141 g/mol. The zero-order valence-electron chi connectivity index (χ0n) is 5.38. The van der Waals surface area contributed by atoms with E-state index < -0.39 is 0 Å². The number of aromatic nitrogens is 2. The Labute approximate surface area is 56.7 Å². The van der Waals surface area contributed by atoms with Crippen molar-refractivity contribution < 1.29 is 5.11 Å². The number of anilines is 1. The van der Waals surface area contributed by atoms with Crippen molar-refractivity contribution in [3.05, 3.63) is 16.7 Å². The van der Waals surface area contributed by atoms with Gasteiger partial charge < -0.3 is 15.4 Å². The second-order valence-electron chi connectivity index (χ2n) is 1.68. The number of aromatic amines is 1. The van der Waals surface area contributed by atoms with Gasteiger partial charge in [0.15, 0.2) is 5.69 Å². The van der Waals surface area contributed by atoms with Crippen molar-refractivity contribution in [1.29, 1.82) is 0 Å². The van der Waals surface area contributed by atoms with Crippen LogP contribution in [0.5, 0.6) is 5.88 Å². The third kappa shape index (κ3) is 0.928. The molecule has 0 saturated heterocycles. The molecule has 0 unspecified atom stereocenters. The quantitative estimate of drug-likeness (QED) is 0.493. The fraction of sp³-hybridized carbons (Fsp3) is 0.200. The fourth-order valence-corrected chi connectivity index (χ4v) is 0.616. The van der Waals surface area contributed by atoms with E-state index in [0.29, 0.717) is 0 Å². The first kappa shape index (κ1) is 6.60. The molecule has 0 aromatic carbocycles. The van der Waals surface area contributed by atoms with E-state index in [4.69, 9.17) is 5.11 Å². The fourth-order valence-electron chi connectivity index (χ4n) is 0.616. The summed E-state index contributed by atoms with van der Waals surface area (Å²) < 4.78 is 0. The largest absolute Gasteiger partial charge is 0.492 e. The number of nitrogens with zero attached hydrogens (tertiary/aromatic N) is 1. The van der Waals surface area contributed by atoms with Crippen molar-refractivity contribution in [1.82, 2.24) is 9.97 Å². The van der Waals surface area contributed by atoms with E-state index in [-0.39, 0.29) is 17.1 Å². The van der Waals surface area contributed by atoms with Crippen LogP contribution >= 0.6 is 0 Å². The molecule has 0 bridgehead atoms. The molecular weight excluding hydrogens is 134 g/mol. The molecule has 0 atom stereocenters. The van der Waals surface area contributed by atoms with E-state index in [1.807, 2.05) is 0 Å². The van der Waals surface area contributed by atoms with Crippen molar-refractivity contribution in [2.24, 2.45) is 0 Å². The van der Waals surface area contributed by atoms with Crippen LogP contribution in [0.15, 0.2) is 11.1 Å². The summed E-state index contributed by atoms with van der Waals surface area (Å²) in [7, 11) is 1.53. The maximum Gasteiger partial charge on any atom is 0.278 e. The van der Waals surface area contributed by atoms with Gasteiger partial charge in [-0.1, -0.05) is 0 Å². The predicted octanol–water partition coefficient (Wildman–Crippen LogP) is -0.483. The van der Waals surface area contributed by atoms with Crippen molar-refractivity contribution in [2.75, 3.05) is 12.4 Å². The van der Waals surface area contributed by atoms with E-state index in [9.17, 15) is 4.79 Å². The van der Waals surface area contributed by atoms with Gasteiger partial charge in [-0.15, -0.1) is 0 Å². The van der Waals surface area contributed by atoms with Gasteiger partial charge in [0, 0.05) is 7.05 Å². The van der Waals surface area contributed by atoms with Gasteiger partial charge in [-0.25, -0.2) is 4.98 Å². The van der Waals surface area contributed by atoms with Crippen LogP contribution < -0.4 is 10.9 Å². The maximum absolute atomic E-state index is 10.8. The summed E-state index contributed by atoms with van der Waals surface area (Å²) >= 11 is 0. The predicted molar refractivity (Wildman–Crippen MR) is 36.1 cm³/mol. The van der Waals surface area contributed by atoms with Gasteiger partial charge in [0.25, 0.3) is 5.56 Å². The highest BCUT2D eigenvalue weighted by Crippen LogP contribution is 2.09. The first-order chi connectivity index (χ1) is 4.75. The molecule has 1 rings (SSSR count).